The lowest BCUT2D eigenvalue weighted by Crippen LogP contribution is -2.41. The maximum absolute atomic E-state index is 13.0. The number of nitrogens with one attached hydrogen (secondary N) is 1. The third-order valence-electron chi connectivity index (χ3n) is 6.41. The van der Waals surface area contributed by atoms with E-state index in [1.807, 2.05) is 36.4 Å². The van der Waals surface area contributed by atoms with Crippen molar-refractivity contribution in [3.05, 3.63) is 71.5 Å². The molecule has 1 atom stereocenters. The zero-order valence-electron chi connectivity index (χ0n) is 18.6. The molecule has 2 heterocycles. The highest BCUT2D eigenvalue weighted by Crippen LogP contribution is 2.44. The van der Waals surface area contributed by atoms with Gasteiger partial charge in [-0.3, -0.25) is 14.8 Å². The summed E-state index contributed by atoms with van der Waals surface area (Å²) < 4.78 is 6.97. The van der Waals surface area contributed by atoms with Crippen molar-refractivity contribution in [1.29, 1.82) is 0 Å². The summed E-state index contributed by atoms with van der Waals surface area (Å²) in [5, 5.41) is 16.2. The van der Waals surface area contributed by atoms with Gasteiger partial charge in [0, 0.05) is 25.7 Å². The molecule has 0 unspecified atom stereocenters. The molecule has 0 spiro atoms. The molecule has 1 saturated heterocycles. The minimum Gasteiger partial charge on any atom is -0.480 e. The molecule has 2 aromatic carbocycles. The van der Waals surface area contributed by atoms with Crippen LogP contribution in [-0.4, -0.2) is 57.0 Å². The summed E-state index contributed by atoms with van der Waals surface area (Å²) in [6.07, 6.45) is 1.79. The zero-order valence-corrected chi connectivity index (χ0v) is 18.6. The number of carboxylic acids is 1. The lowest BCUT2D eigenvalue weighted by Gasteiger charge is -2.20. The fourth-order valence-electron chi connectivity index (χ4n) is 4.88. The normalized spacial score (nSPS) is 16.7. The van der Waals surface area contributed by atoms with Crippen LogP contribution in [0.25, 0.3) is 11.1 Å². The van der Waals surface area contributed by atoms with Gasteiger partial charge < -0.3 is 14.7 Å². The number of anilines is 1. The number of aryl methyl sites for hydroxylation is 1. The molecule has 9 heteroatoms. The van der Waals surface area contributed by atoms with Crippen LogP contribution in [0.15, 0.2) is 54.7 Å². The minimum absolute atomic E-state index is 0.0100. The van der Waals surface area contributed by atoms with Gasteiger partial charge in [0.05, 0.1) is 5.69 Å². The van der Waals surface area contributed by atoms with E-state index in [0.717, 1.165) is 22.3 Å². The topological polar surface area (TPSA) is 114 Å². The zero-order chi connectivity index (χ0) is 23.8. The van der Waals surface area contributed by atoms with E-state index >= 15 is 0 Å². The lowest BCUT2D eigenvalue weighted by atomic mass is 9.98. The maximum atomic E-state index is 13.0. The number of hydrogen-bond donors (Lipinski definition) is 2. The van der Waals surface area contributed by atoms with Gasteiger partial charge in [-0.05, 0) is 35.1 Å². The average molecular weight is 460 g/mol. The van der Waals surface area contributed by atoms with Crippen LogP contribution in [0.4, 0.5) is 10.5 Å². The molecule has 2 N–H and O–H groups in total. The molecule has 5 rings (SSSR count). The number of ether oxygens (including phenoxy) is 1. The molecule has 2 amide bonds. The molecule has 174 valence electrons. The van der Waals surface area contributed by atoms with Crippen molar-refractivity contribution in [3.8, 4) is 11.1 Å². The standard InChI is InChI=1S/C25H24N4O5/c1-28-13-20(22(27-28)23(30)29-12-6-11-21(29)24(31)32)26-25(33)34-14-19-17-9-4-2-7-15(17)16-8-3-5-10-18(16)19/h2-5,7-10,13,19,21H,6,11-12,14H2,1H3,(H,26,33)(H,31,32)/t21-/m0/s1. The van der Waals surface area contributed by atoms with Crippen molar-refractivity contribution in [2.24, 2.45) is 7.05 Å². The van der Waals surface area contributed by atoms with Gasteiger partial charge in [0.15, 0.2) is 5.69 Å². The summed E-state index contributed by atoms with van der Waals surface area (Å²) in [7, 11) is 1.62. The molecular formula is C25H24N4O5. The number of amides is 2. The first kappa shape index (κ1) is 21.7. The number of benzene rings is 2. The number of carbonyl (C=O) groups excluding carboxylic acids is 2. The lowest BCUT2D eigenvalue weighted by molar-refractivity contribution is -0.141. The van der Waals surface area contributed by atoms with E-state index in [1.165, 1.54) is 15.8 Å². The summed E-state index contributed by atoms with van der Waals surface area (Å²) >= 11 is 0. The smallest absolute Gasteiger partial charge is 0.411 e. The van der Waals surface area contributed by atoms with E-state index in [1.54, 1.807) is 7.05 Å². The van der Waals surface area contributed by atoms with Crippen LogP contribution in [0.1, 0.15) is 40.4 Å². The molecule has 1 aliphatic heterocycles. The van der Waals surface area contributed by atoms with Gasteiger partial charge >= 0.3 is 12.1 Å². The van der Waals surface area contributed by atoms with Gasteiger partial charge in [0.1, 0.15) is 12.6 Å². The first-order valence-corrected chi connectivity index (χ1v) is 11.1. The number of carboxylic acid groups (broad SMARTS) is 1. The van der Waals surface area contributed by atoms with E-state index in [0.29, 0.717) is 19.4 Å². The maximum Gasteiger partial charge on any atom is 0.411 e. The van der Waals surface area contributed by atoms with Gasteiger partial charge in [-0.1, -0.05) is 48.5 Å². The van der Waals surface area contributed by atoms with Crippen molar-refractivity contribution < 1.29 is 24.2 Å². The molecule has 1 aliphatic carbocycles. The SMILES string of the molecule is Cn1cc(NC(=O)OCC2c3ccccc3-c3ccccc32)c(C(=O)N2CCC[C@H]2C(=O)O)n1. The first-order valence-electron chi connectivity index (χ1n) is 11.1. The van der Waals surface area contributed by atoms with Gasteiger partial charge in [0.2, 0.25) is 0 Å². The van der Waals surface area contributed by atoms with Crippen molar-refractivity contribution in [1.82, 2.24) is 14.7 Å². The Balaban J connectivity index is 1.30. The van der Waals surface area contributed by atoms with E-state index in [9.17, 15) is 19.5 Å². The van der Waals surface area contributed by atoms with Crippen molar-refractivity contribution in [2.75, 3.05) is 18.5 Å². The number of fused-ring (bicyclic) bond motifs is 3. The molecule has 2 aliphatic rings. The van der Waals surface area contributed by atoms with Gasteiger partial charge in [-0.2, -0.15) is 5.10 Å². The van der Waals surface area contributed by atoms with E-state index in [2.05, 4.69) is 22.5 Å². The molecule has 1 aromatic heterocycles. The van der Waals surface area contributed by atoms with Crippen molar-refractivity contribution in [3.63, 3.8) is 0 Å². The molecule has 9 nitrogen and oxygen atoms in total. The third kappa shape index (κ3) is 3.79. The van der Waals surface area contributed by atoms with E-state index in [-0.39, 0.29) is 23.9 Å². The van der Waals surface area contributed by atoms with Gasteiger partial charge in [-0.25, -0.2) is 9.59 Å². The van der Waals surface area contributed by atoms with Crippen LogP contribution in [0.5, 0.6) is 0 Å². The Morgan fingerprint density at radius 2 is 1.74 bits per heavy atom. The number of aliphatic carboxylic acids is 1. The summed E-state index contributed by atoms with van der Waals surface area (Å²) in [5.74, 6) is -1.67. The highest BCUT2D eigenvalue weighted by atomic mass is 16.5. The number of aromatic nitrogens is 2. The summed E-state index contributed by atoms with van der Waals surface area (Å²) in [6, 6.07) is 15.2. The molecule has 0 saturated carbocycles. The Bertz CT molecular complexity index is 1240. The first-order chi connectivity index (χ1) is 16.4. The Morgan fingerprint density at radius 1 is 1.09 bits per heavy atom. The number of carbonyl (C=O) groups is 3. The van der Waals surface area contributed by atoms with E-state index in [4.69, 9.17) is 4.74 Å². The quantitative estimate of drug-likeness (QED) is 0.603. The minimum atomic E-state index is -1.05. The molecular weight excluding hydrogens is 436 g/mol. The van der Waals surface area contributed by atoms with E-state index < -0.39 is 24.0 Å². The third-order valence-corrected chi connectivity index (χ3v) is 6.41. The summed E-state index contributed by atoms with van der Waals surface area (Å²) in [6.45, 7) is 0.466. The van der Waals surface area contributed by atoms with Crippen molar-refractivity contribution in [2.45, 2.75) is 24.8 Å². The Kier molecular flexibility index (Phi) is 5.53. The molecule has 0 radical (unpaired) electrons. The summed E-state index contributed by atoms with van der Waals surface area (Å²) in [5.41, 5.74) is 4.63. The number of likely N-dealkylation sites (tertiary alicyclic amines) is 1. The second-order valence-corrected chi connectivity index (χ2v) is 8.51. The Labute approximate surface area is 195 Å². The van der Waals surface area contributed by atoms with Crippen molar-refractivity contribution >= 4 is 23.7 Å². The van der Waals surface area contributed by atoms with Gasteiger partial charge in [0.25, 0.3) is 5.91 Å². The Hall–Kier alpha value is -4.14. The fourth-order valence-corrected chi connectivity index (χ4v) is 4.88. The monoisotopic (exact) mass is 460 g/mol. The second kappa shape index (κ2) is 8.66. The molecule has 1 fully saturated rings. The van der Waals surface area contributed by atoms with Crippen LogP contribution in [0.2, 0.25) is 0 Å². The van der Waals surface area contributed by atoms with Crippen LogP contribution in [-0.2, 0) is 16.6 Å². The Morgan fingerprint density at radius 3 is 2.38 bits per heavy atom. The largest absolute Gasteiger partial charge is 0.480 e. The highest BCUT2D eigenvalue weighted by molar-refractivity contribution is 6.02. The molecule has 3 aromatic rings. The average Bonchev–Trinajstić information content (AvgIpc) is 3.53. The van der Waals surface area contributed by atoms with Crippen LogP contribution >= 0.6 is 0 Å². The summed E-state index contributed by atoms with van der Waals surface area (Å²) in [4.78, 5) is 38.5. The van der Waals surface area contributed by atoms with Crippen LogP contribution in [0.3, 0.4) is 0 Å². The van der Waals surface area contributed by atoms with Crippen LogP contribution < -0.4 is 5.32 Å². The predicted molar refractivity (Wildman–Crippen MR) is 124 cm³/mol. The highest BCUT2D eigenvalue weighted by Gasteiger charge is 2.37. The second-order valence-electron chi connectivity index (χ2n) is 8.51. The van der Waals surface area contributed by atoms with Gasteiger partial charge in [-0.15, -0.1) is 0 Å². The van der Waals surface area contributed by atoms with Crippen LogP contribution in [0, 0.1) is 0 Å². The molecule has 34 heavy (non-hydrogen) atoms. The number of rotatable bonds is 5. The molecule has 0 bridgehead atoms. The number of hydrogen-bond acceptors (Lipinski definition) is 5. The predicted octanol–water partition coefficient (Wildman–Crippen LogP) is 3.47. The number of nitrogens with zero attached hydrogens (tertiary/aromatic N) is 3. The fraction of sp³-hybridized carbons (Fsp3) is 0.280.